The standard InChI is InChI=1S/C15H18BrFN4/c1-15(2,3)14-20-12(18-4)8-13(21-14)19-11-7-9(16)5-6-10(11)17/h5-8H,1-4H3,(H2,18,19,20,21). The van der Waals surface area contributed by atoms with Crippen LogP contribution in [0.2, 0.25) is 0 Å². The predicted molar refractivity (Wildman–Crippen MR) is 87.7 cm³/mol. The van der Waals surface area contributed by atoms with Gasteiger partial charge in [0.05, 0.1) is 5.69 Å². The predicted octanol–water partition coefficient (Wildman–Crippen LogP) is 4.46. The van der Waals surface area contributed by atoms with Gasteiger partial charge in [0.15, 0.2) is 0 Å². The molecule has 2 rings (SSSR count). The summed E-state index contributed by atoms with van der Waals surface area (Å²) in [6.07, 6.45) is 0. The molecule has 0 bridgehead atoms. The van der Waals surface area contributed by atoms with E-state index in [9.17, 15) is 4.39 Å². The lowest BCUT2D eigenvalue weighted by Crippen LogP contribution is -2.17. The lowest BCUT2D eigenvalue weighted by molar-refractivity contribution is 0.547. The molecule has 0 spiro atoms. The van der Waals surface area contributed by atoms with Gasteiger partial charge in [0.25, 0.3) is 0 Å². The van der Waals surface area contributed by atoms with Crippen molar-refractivity contribution in [1.29, 1.82) is 0 Å². The van der Waals surface area contributed by atoms with Crippen LogP contribution in [0.15, 0.2) is 28.7 Å². The molecule has 0 aliphatic carbocycles. The van der Waals surface area contributed by atoms with E-state index in [4.69, 9.17) is 0 Å². The number of halogens is 2. The van der Waals surface area contributed by atoms with Gasteiger partial charge in [-0.25, -0.2) is 14.4 Å². The summed E-state index contributed by atoms with van der Waals surface area (Å²) in [5, 5.41) is 6.00. The monoisotopic (exact) mass is 352 g/mol. The molecule has 0 aliphatic rings. The maximum Gasteiger partial charge on any atom is 0.146 e. The van der Waals surface area contributed by atoms with Gasteiger partial charge in [-0.05, 0) is 18.2 Å². The molecule has 4 nitrogen and oxygen atoms in total. The number of hydrogen-bond donors (Lipinski definition) is 2. The highest BCUT2D eigenvalue weighted by molar-refractivity contribution is 9.10. The minimum atomic E-state index is -0.333. The largest absolute Gasteiger partial charge is 0.373 e. The Balaban J connectivity index is 2.42. The van der Waals surface area contributed by atoms with Gasteiger partial charge in [-0.2, -0.15) is 0 Å². The number of aromatic nitrogens is 2. The third-order valence-corrected chi connectivity index (χ3v) is 3.34. The van der Waals surface area contributed by atoms with Crippen LogP contribution in [0.3, 0.4) is 0 Å². The molecule has 0 saturated carbocycles. The second-order valence-electron chi connectivity index (χ2n) is 5.71. The van der Waals surface area contributed by atoms with E-state index < -0.39 is 0 Å². The fourth-order valence-electron chi connectivity index (χ4n) is 1.71. The van der Waals surface area contributed by atoms with E-state index in [2.05, 4.69) is 36.5 Å². The van der Waals surface area contributed by atoms with Crippen molar-refractivity contribution in [2.45, 2.75) is 26.2 Å². The molecule has 2 aromatic rings. The summed E-state index contributed by atoms with van der Waals surface area (Å²) in [6.45, 7) is 6.10. The minimum Gasteiger partial charge on any atom is -0.373 e. The molecule has 0 unspecified atom stereocenters. The van der Waals surface area contributed by atoms with Gasteiger partial charge in [-0.15, -0.1) is 0 Å². The van der Waals surface area contributed by atoms with Crippen molar-refractivity contribution in [3.63, 3.8) is 0 Å². The quantitative estimate of drug-likeness (QED) is 0.855. The molecule has 21 heavy (non-hydrogen) atoms. The van der Waals surface area contributed by atoms with Crippen molar-refractivity contribution in [3.8, 4) is 0 Å². The van der Waals surface area contributed by atoms with Gasteiger partial charge in [-0.3, -0.25) is 0 Å². The van der Waals surface area contributed by atoms with Crippen LogP contribution in [0.4, 0.5) is 21.7 Å². The number of nitrogens with zero attached hydrogens (tertiary/aromatic N) is 2. The van der Waals surface area contributed by atoms with Gasteiger partial charge in [0, 0.05) is 23.0 Å². The SMILES string of the molecule is CNc1cc(Nc2cc(Br)ccc2F)nc(C(C)(C)C)n1. The van der Waals surface area contributed by atoms with Crippen LogP contribution >= 0.6 is 15.9 Å². The van der Waals surface area contributed by atoms with E-state index in [-0.39, 0.29) is 11.2 Å². The Labute approximate surface area is 132 Å². The zero-order chi connectivity index (χ0) is 15.6. The van der Waals surface area contributed by atoms with Crippen molar-refractivity contribution in [3.05, 3.63) is 40.4 Å². The number of anilines is 3. The topological polar surface area (TPSA) is 49.8 Å². The van der Waals surface area contributed by atoms with Gasteiger partial charge in [0.2, 0.25) is 0 Å². The lowest BCUT2D eigenvalue weighted by atomic mass is 9.96. The highest BCUT2D eigenvalue weighted by Gasteiger charge is 2.19. The highest BCUT2D eigenvalue weighted by Crippen LogP contribution is 2.26. The van der Waals surface area contributed by atoms with E-state index in [0.29, 0.717) is 23.1 Å². The third kappa shape index (κ3) is 3.91. The molecule has 0 atom stereocenters. The maximum absolute atomic E-state index is 13.8. The number of nitrogens with one attached hydrogen (secondary N) is 2. The average molecular weight is 353 g/mol. The van der Waals surface area contributed by atoms with E-state index in [1.54, 1.807) is 25.2 Å². The second-order valence-corrected chi connectivity index (χ2v) is 6.63. The van der Waals surface area contributed by atoms with E-state index in [1.165, 1.54) is 6.07 Å². The fourth-order valence-corrected chi connectivity index (χ4v) is 2.07. The molecule has 0 amide bonds. The molecule has 0 saturated heterocycles. The van der Waals surface area contributed by atoms with Crippen molar-refractivity contribution in [2.24, 2.45) is 0 Å². The molecule has 2 N–H and O–H groups in total. The van der Waals surface area contributed by atoms with Crippen LogP contribution in [0.5, 0.6) is 0 Å². The van der Waals surface area contributed by atoms with Gasteiger partial charge in [0.1, 0.15) is 23.3 Å². The fraction of sp³-hybridized carbons (Fsp3) is 0.333. The van der Waals surface area contributed by atoms with Crippen molar-refractivity contribution in [2.75, 3.05) is 17.7 Å². The average Bonchev–Trinajstić information content (AvgIpc) is 2.41. The van der Waals surface area contributed by atoms with Crippen LogP contribution in [0.25, 0.3) is 0 Å². The molecular weight excluding hydrogens is 335 g/mol. The number of hydrogen-bond acceptors (Lipinski definition) is 4. The first kappa shape index (κ1) is 15.7. The summed E-state index contributed by atoms with van der Waals surface area (Å²) in [6, 6.07) is 6.47. The Bertz CT molecular complexity index is 653. The normalized spacial score (nSPS) is 11.3. The third-order valence-electron chi connectivity index (χ3n) is 2.84. The number of rotatable bonds is 3. The zero-order valence-electron chi connectivity index (χ0n) is 12.5. The molecule has 0 aliphatic heterocycles. The molecule has 112 valence electrons. The van der Waals surface area contributed by atoms with E-state index in [1.807, 2.05) is 20.8 Å². The van der Waals surface area contributed by atoms with Gasteiger partial charge < -0.3 is 10.6 Å². The Morgan fingerprint density at radius 1 is 1.10 bits per heavy atom. The summed E-state index contributed by atoms with van der Waals surface area (Å²) in [7, 11) is 1.79. The summed E-state index contributed by atoms with van der Waals surface area (Å²) < 4.78 is 14.6. The summed E-state index contributed by atoms with van der Waals surface area (Å²) in [5.74, 6) is 1.59. The zero-order valence-corrected chi connectivity index (χ0v) is 14.0. The lowest BCUT2D eigenvalue weighted by Gasteiger charge is -2.19. The molecule has 0 radical (unpaired) electrons. The summed E-state index contributed by atoms with van der Waals surface area (Å²) in [5.41, 5.74) is 0.170. The molecule has 6 heteroatoms. The van der Waals surface area contributed by atoms with Crippen LogP contribution in [-0.2, 0) is 5.41 Å². The van der Waals surface area contributed by atoms with Gasteiger partial charge >= 0.3 is 0 Å². The Kier molecular flexibility index (Phi) is 4.46. The first-order valence-electron chi connectivity index (χ1n) is 6.59. The first-order valence-corrected chi connectivity index (χ1v) is 7.38. The number of benzene rings is 1. The maximum atomic E-state index is 13.8. The molecular formula is C15H18BrFN4. The Morgan fingerprint density at radius 2 is 1.76 bits per heavy atom. The second kappa shape index (κ2) is 5.97. The van der Waals surface area contributed by atoms with Crippen LogP contribution in [0, 0.1) is 5.82 Å². The van der Waals surface area contributed by atoms with Crippen molar-refractivity contribution in [1.82, 2.24) is 9.97 Å². The molecule has 1 aromatic carbocycles. The van der Waals surface area contributed by atoms with Crippen molar-refractivity contribution >= 4 is 33.3 Å². The van der Waals surface area contributed by atoms with Crippen molar-refractivity contribution < 1.29 is 4.39 Å². The van der Waals surface area contributed by atoms with Crippen LogP contribution < -0.4 is 10.6 Å². The molecule has 0 fully saturated rings. The Hall–Kier alpha value is -1.69. The summed E-state index contributed by atoms with van der Waals surface area (Å²) >= 11 is 3.33. The van der Waals surface area contributed by atoms with Crippen LogP contribution in [0.1, 0.15) is 26.6 Å². The molecule has 1 aromatic heterocycles. The first-order chi connectivity index (χ1) is 9.79. The molecule has 1 heterocycles. The van der Waals surface area contributed by atoms with E-state index >= 15 is 0 Å². The van der Waals surface area contributed by atoms with E-state index in [0.717, 1.165) is 4.47 Å². The summed E-state index contributed by atoms with van der Waals surface area (Å²) in [4.78, 5) is 8.91. The highest BCUT2D eigenvalue weighted by atomic mass is 79.9. The Morgan fingerprint density at radius 3 is 2.38 bits per heavy atom. The minimum absolute atomic E-state index is 0.195. The van der Waals surface area contributed by atoms with Gasteiger partial charge in [-0.1, -0.05) is 36.7 Å². The van der Waals surface area contributed by atoms with Crippen LogP contribution in [-0.4, -0.2) is 17.0 Å². The smallest absolute Gasteiger partial charge is 0.146 e.